The van der Waals surface area contributed by atoms with Crippen LogP contribution in [0.25, 0.3) is 53.7 Å². The molecule has 1 N–H and O–H groups in total. The molecule has 162 valence electrons. The number of thiophene rings is 1. The number of pyridine rings is 1. The Hall–Kier alpha value is -3.95. The first-order chi connectivity index (χ1) is 16.7. The SMILES string of the molecule is Cc1ccc(-c2ccc3c(c2)-c2cccc(c2C)-c2ccc4sc5ccccc5c4c2N3)nc1. The molecule has 0 spiro atoms. The predicted molar refractivity (Wildman–Crippen MR) is 146 cm³/mol. The van der Waals surface area contributed by atoms with E-state index in [1.807, 2.05) is 17.5 Å². The van der Waals surface area contributed by atoms with Gasteiger partial charge < -0.3 is 5.32 Å². The number of nitrogens with one attached hydrogen (secondary N) is 1. The number of aryl methyl sites for hydroxylation is 1. The number of aromatic nitrogens is 1. The highest BCUT2D eigenvalue weighted by atomic mass is 32.1. The molecule has 0 aliphatic carbocycles. The summed E-state index contributed by atoms with van der Waals surface area (Å²) < 4.78 is 2.63. The summed E-state index contributed by atoms with van der Waals surface area (Å²) in [6, 6.07) is 30.8. The van der Waals surface area contributed by atoms with E-state index >= 15 is 0 Å². The van der Waals surface area contributed by atoms with Gasteiger partial charge in [-0.05, 0) is 66.4 Å². The fraction of sp³-hybridized carbons (Fsp3) is 0.0645. The first-order valence-corrected chi connectivity index (χ1v) is 12.4. The standard InChI is InChI=1S/C31H22N2S/c1-18-10-13-26(32-17-18)20-11-14-27-25(16-20)22-8-5-7-21(19(22)2)23-12-15-29-30(31(23)33-27)24-6-3-4-9-28(24)34-29/h3-17,33H,1-2H3. The van der Waals surface area contributed by atoms with Gasteiger partial charge in [-0.3, -0.25) is 4.98 Å². The van der Waals surface area contributed by atoms with E-state index in [1.54, 1.807) is 0 Å². The van der Waals surface area contributed by atoms with Crippen LogP contribution >= 0.6 is 11.3 Å². The Morgan fingerprint density at radius 1 is 0.706 bits per heavy atom. The minimum absolute atomic E-state index is 0.996. The van der Waals surface area contributed by atoms with Crippen molar-refractivity contribution in [1.82, 2.24) is 4.98 Å². The van der Waals surface area contributed by atoms with Crippen LogP contribution in [0.15, 0.2) is 91.1 Å². The molecule has 2 nitrogen and oxygen atoms in total. The van der Waals surface area contributed by atoms with Gasteiger partial charge in [0.25, 0.3) is 0 Å². The predicted octanol–water partition coefficient (Wildman–Crippen LogP) is 9.12. The molecule has 0 radical (unpaired) electrons. The van der Waals surface area contributed by atoms with Crippen molar-refractivity contribution in [1.29, 1.82) is 0 Å². The highest BCUT2D eigenvalue weighted by molar-refractivity contribution is 7.26. The molecule has 0 saturated carbocycles. The first kappa shape index (κ1) is 19.5. The van der Waals surface area contributed by atoms with Crippen LogP contribution in [0.1, 0.15) is 11.1 Å². The van der Waals surface area contributed by atoms with Crippen LogP contribution in [-0.2, 0) is 0 Å². The van der Waals surface area contributed by atoms with Gasteiger partial charge >= 0.3 is 0 Å². The van der Waals surface area contributed by atoms with Gasteiger partial charge in [0.05, 0.1) is 11.4 Å². The van der Waals surface area contributed by atoms with E-state index in [4.69, 9.17) is 0 Å². The van der Waals surface area contributed by atoms with Gasteiger partial charge in [0.1, 0.15) is 0 Å². The summed E-state index contributed by atoms with van der Waals surface area (Å²) in [6.07, 6.45) is 1.94. The summed E-state index contributed by atoms with van der Waals surface area (Å²) in [5, 5.41) is 6.49. The number of nitrogens with zero attached hydrogens (tertiary/aromatic N) is 1. The molecule has 0 amide bonds. The minimum Gasteiger partial charge on any atom is -0.354 e. The second-order valence-electron chi connectivity index (χ2n) is 9.04. The molecule has 2 aromatic heterocycles. The molecule has 6 aromatic rings. The molecule has 34 heavy (non-hydrogen) atoms. The molecule has 0 atom stereocenters. The maximum atomic E-state index is 4.68. The average molecular weight is 455 g/mol. The van der Waals surface area contributed by atoms with Crippen molar-refractivity contribution in [2.45, 2.75) is 13.8 Å². The van der Waals surface area contributed by atoms with Gasteiger partial charge in [0, 0.05) is 48.7 Å². The lowest BCUT2D eigenvalue weighted by atomic mass is 9.87. The molecule has 1 aliphatic rings. The number of hydrogen-bond acceptors (Lipinski definition) is 3. The lowest BCUT2D eigenvalue weighted by Crippen LogP contribution is -2.02. The molecule has 2 bridgehead atoms. The van der Waals surface area contributed by atoms with Crippen molar-refractivity contribution in [2.75, 3.05) is 5.32 Å². The van der Waals surface area contributed by atoms with E-state index in [0.717, 1.165) is 16.9 Å². The summed E-state index contributed by atoms with van der Waals surface area (Å²) in [6.45, 7) is 4.32. The fourth-order valence-corrected chi connectivity index (χ4v) is 6.31. The summed E-state index contributed by atoms with van der Waals surface area (Å²) in [7, 11) is 0. The summed E-state index contributed by atoms with van der Waals surface area (Å²) in [5.74, 6) is 0. The lowest BCUT2D eigenvalue weighted by molar-refractivity contribution is 1.27. The average Bonchev–Trinajstić information content (AvgIpc) is 3.24. The smallest absolute Gasteiger partial charge is 0.0702 e. The Bertz CT molecular complexity index is 1740. The van der Waals surface area contributed by atoms with E-state index in [1.165, 1.54) is 59.2 Å². The van der Waals surface area contributed by atoms with E-state index < -0.39 is 0 Å². The van der Waals surface area contributed by atoms with Gasteiger partial charge in [-0.25, -0.2) is 0 Å². The molecule has 1 aliphatic heterocycles. The van der Waals surface area contributed by atoms with Crippen LogP contribution in [0.4, 0.5) is 11.4 Å². The third kappa shape index (κ3) is 2.84. The van der Waals surface area contributed by atoms with Gasteiger partial charge in [-0.15, -0.1) is 11.3 Å². The van der Waals surface area contributed by atoms with E-state index in [-0.39, 0.29) is 0 Å². The van der Waals surface area contributed by atoms with Crippen molar-refractivity contribution >= 4 is 42.9 Å². The van der Waals surface area contributed by atoms with Crippen molar-refractivity contribution in [3.8, 4) is 33.5 Å². The largest absolute Gasteiger partial charge is 0.354 e. The van der Waals surface area contributed by atoms with Crippen molar-refractivity contribution < 1.29 is 0 Å². The van der Waals surface area contributed by atoms with Crippen molar-refractivity contribution in [2.24, 2.45) is 0 Å². The zero-order chi connectivity index (χ0) is 22.8. The number of benzene rings is 4. The Morgan fingerprint density at radius 2 is 1.56 bits per heavy atom. The number of fused-ring (bicyclic) bond motifs is 10. The van der Waals surface area contributed by atoms with Gasteiger partial charge in [0.2, 0.25) is 0 Å². The van der Waals surface area contributed by atoms with E-state index in [9.17, 15) is 0 Å². The second kappa shape index (κ2) is 7.28. The zero-order valence-corrected chi connectivity index (χ0v) is 19.8. The van der Waals surface area contributed by atoms with E-state index in [0.29, 0.717) is 0 Å². The zero-order valence-electron chi connectivity index (χ0n) is 19.0. The normalized spacial score (nSPS) is 12.1. The number of anilines is 2. The third-order valence-corrected chi connectivity index (χ3v) is 8.08. The fourth-order valence-electron chi connectivity index (χ4n) is 5.20. The molecule has 0 fully saturated rings. The number of hydrogen-bond donors (Lipinski definition) is 1. The molecule has 4 aromatic carbocycles. The third-order valence-electron chi connectivity index (χ3n) is 6.94. The van der Waals surface area contributed by atoms with Crippen LogP contribution < -0.4 is 5.32 Å². The lowest BCUT2D eigenvalue weighted by Gasteiger charge is -2.24. The highest BCUT2D eigenvalue weighted by Crippen LogP contribution is 2.49. The van der Waals surface area contributed by atoms with Crippen LogP contribution in [0.5, 0.6) is 0 Å². The molecule has 3 heterocycles. The summed E-state index contributed by atoms with van der Waals surface area (Å²) in [5.41, 5.74) is 11.9. The first-order valence-electron chi connectivity index (χ1n) is 11.6. The summed E-state index contributed by atoms with van der Waals surface area (Å²) in [4.78, 5) is 4.68. The second-order valence-corrected chi connectivity index (χ2v) is 10.1. The Morgan fingerprint density at radius 3 is 2.41 bits per heavy atom. The Labute approximate surface area is 202 Å². The van der Waals surface area contributed by atoms with Gasteiger partial charge in [-0.1, -0.05) is 54.6 Å². The molecule has 0 saturated heterocycles. The highest BCUT2D eigenvalue weighted by Gasteiger charge is 2.22. The van der Waals surface area contributed by atoms with Crippen LogP contribution in [-0.4, -0.2) is 4.98 Å². The monoisotopic (exact) mass is 454 g/mol. The maximum Gasteiger partial charge on any atom is 0.0702 e. The van der Waals surface area contributed by atoms with Crippen LogP contribution in [0.2, 0.25) is 0 Å². The maximum absolute atomic E-state index is 4.68. The van der Waals surface area contributed by atoms with Crippen molar-refractivity contribution in [3.05, 3.63) is 102 Å². The molecule has 0 unspecified atom stereocenters. The molecule has 3 heteroatoms. The Kier molecular flexibility index (Phi) is 4.18. The molecular weight excluding hydrogens is 432 g/mol. The molecule has 7 rings (SSSR count). The van der Waals surface area contributed by atoms with Gasteiger partial charge in [-0.2, -0.15) is 0 Å². The van der Waals surface area contributed by atoms with Crippen LogP contribution in [0, 0.1) is 13.8 Å². The quantitative estimate of drug-likeness (QED) is 0.267. The minimum atomic E-state index is 0.996. The van der Waals surface area contributed by atoms with E-state index in [2.05, 4.69) is 109 Å². The van der Waals surface area contributed by atoms with Gasteiger partial charge in [0.15, 0.2) is 0 Å². The van der Waals surface area contributed by atoms with Crippen molar-refractivity contribution in [3.63, 3.8) is 0 Å². The Balaban J connectivity index is 1.54. The number of rotatable bonds is 1. The van der Waals surface area contributed by atoms with Crippen LogP contribution in [0.3, 0.4) is 0 Å². The molecular formula is C31H22N2S. The topological polar surface area (TPSA) is 24.9 Å². The summed E-state index contributed by atoms with van der Waals surface area (Å²) >= 11 is 1.86.